The maximum Gasteiger partial charge on any atom is 0.466 e. The SMILES string of the molecule is CC#N.CC#N.O=P(O)(O)O.O=P(O)(O)O.O=P(O)(O)O.O=P(O)(O)O.O=P(O)(O)O. The molecule has 0 bridgehead atoms. The molecule has 0 radical (unpaired) electrons. The van der Waals surface area contributed by atoms with Gasteiger partial charge in [-0.25, -0.2) is 22.8 Å². The second-order valence-corrected chi connectivity index (χ2v) is 8.15. The van der Waals surface area contributed by atoms with E-state index in [0.29, 0.717) is 0 Å². The van der Waals surface area contributed by atoms with Crippen molar-refractivity contribution in [2.75, 3.05) is 0 Å². The van der Waals surface area contributed by atoms with Gasteiger partial charge in [-0.15, -0.1) is 0 Å². The second-order valence-electron chi connectivity index (χ2n) is 3.01. The topological polar surface area (TPSA) is 436 Å². The monoisotopic (exact) mass is 572 g/mol. The molecule has 0 aromatic heterocycles. The van der Waals surface area contributed by atoms with E-state index in [4.69, 9.17) is 107 Å². The van der Waals surface area contributed by atoms with Gasteiger partial charge in [0.25, 0.3) is 0 Å². The first-order chi connectivity index (χ1) is 12.8. The van der Waals surface area contributed by atoms with Crippen LogP contribution in [0.2, 0.25) is 0 Å². The van der Waals surface area contributed by atoms with Crippen molar-refractivity contribution in [3.05, 3.63) is 0 Å². The molecule has 0 amide bonds. The van der Waals surface area contributed by atoms with Crippen LogP contribution in [0.3, 0.4) is 0 Å². The molecule has 0 aromatic carbocycles. The summed E-state index contributed by atoms with van der Waals surface area (Å²) < 4.78 is 44.4. The third kappa shape index (κ3) is 101000. The maximum absolute atomic E-state index is 8.88. The molecule has 27 heteroatoms. The minimum atomic E-state index is -4.64. The number of rotatable bonds is 0. The van der Waals surface area contributed by atoms with Crippen LogP contribution in [0.5, 0.6) is 0 Å². The molecular formula is C4H21N2O20P5. The summed E-state index contributed by atoms with van der Waals surface area (Å²) >= 11 is 0. The summed E-state index contributed by atoms with van der Waals surface area (Å²) in [6.07, 6.45) is 0. The van der Waals surface area contributed by atoms with Crippen molar-refractivity contribution in [1.82, 2.24) is 0 Å². The molecule has 0 spiro atoms. The predicted octanol–water partition coefficient (Wildman–Crippen LogP) is -3.58. The minimum absolute atomic E-state index is 1.43. The van der Waals surface area contributed by atoms with Gasteiger partial charge in [-0.05, 0) is 0 Å². The highest BCUT2D eigenvalue weighted by atomic mass is 31.2. The van der Waals surface area contributed by atoms with Gasteiger partial charge in [-0.2, -0.15) is 10.5 Å². The lowest BCUT2D eigenvalue weighted by molar-refractivity contribution is 0.272. The summed E-state index contributed by atoms with van der Waals surface area (Å²) in [7, 11) is -23.2. The summed E-state index contributed by atoms with van der Waals surface area (Å²) in [4.78, 5) is 108. The zero-order valence-corrected chi connectivity index (χ0v) is 19.4. The third-order valence-electron chi connectivity index (χ3n) is 0. The van der Waals surface area contributed by atoms with E-state index in [2.05, 4.69) is 0 Å². The van der Waals surface area contributed by atoms with Gasteiger partial charge < -0.3 is 73.4 Å². The van der Waals surface area contributed by atoms with E-state index < -0.39 is 39.1 Å². The van der Waals surface area contributed by atoms with Crippen LogP contribution in [-0.4, -0.2) is 73.4 Å². The van der Waals surface area contributed by atoms with Gasteiger partial charge in [-0.1, -0.05) is 0 Å². The molecule has 0 aromatic rings. The zero-order valence-electron chi connectivity index (χ0n) is 14.9. The zero-order chi connectivity index (χ0) is 27.9. The highest BCUT2D eigenvalue weighted by Crippen LogP contribution is 2.27. The van der Waals surface area contributed by atoms with Crippen LogP contribution in [0, 0.1) is 22.7 Å². The highest BCUT2D eigenvalue weighted by molar-refractivity contribution is 7.46. The van der Waals surface area contributed by atoms with Crippen LogP contribution in [0.15, 0.2) is 0 Å². The van der Waals surface area contributed by atoms with Crippen LogP contribution < -0.4 is 0 Å². The summed E-state index contributed by atoms with van der Waals surface area (Å²) in [5.74, 6) is 0. The van der Waals surface area contributed by atoms with Gasteiger partial charge in [0, 0.05) is 13.8 Å². The number of hydrogen-bond acceptors (Lipinski definition) is 7. The Morgan fingerprint density at radius 2 is 0.387 bits per heavy atom. The lowest BCUT2D eigenvalue weighted by Gasteiger charge is -1.82. The molecule has 0 rings (SSSR count). The fourth-order valence-electron chi connectivity index (χ4n) is 0. The number of nitriles is 2. The molecule has 0 aliphatic carbocycles. The van der Waals surface area contributed by atoms with E-state index in [-0.39, 0.29) is 0 Å². The number of nitrogens with zero attached hydrogens (tertiary/aromatic N) is 2. The standard InChI is InChI=1S/2C2H3N.5H3O4P/c2*1-2-3;5*1-5(2,3)4/h2*1H3;5*(H3,1,2,3,4). The Bertz CT molecular complexity index is 535. The van der Waals surface area contributed by atoms with Crippen LogP contribution in [0.1, 0.15) is 13.8 Å². The smallest absolute Gasteiger partial charge is 0.303 e. The largest absolute Gasteiger partial charge is 0.466 e. The van der Waals surface area contributed by atoms with E-state index in [1.165, 1.54) is 13.8 Å². The molecule has 192 valence electrons. The summed E-state index contributed by atoms with van der Waals surface area (Å²) in [6.45, 7) is 2.86. The van der Waals surface area contributed by atoms with Crippen LogP contribution >= 0.6 is 39.1 Å². The van der Waals surface area contributed by atoms with Gasteiger partial charge in [0.15, 0.2) is 0 Å². The molecule has 0 unspecified atom stereocenters. The Morgan fingerprint density at radius 1 is 0.387 bits per heavy atom. The molecule has 31 heavy (non-hydrogen) atoms. The average molecular weight is 572 g/mol. The molecule has 0 atom stereocenters. The molecule has 15 N–H and O–H groups in total. The Kier molecular flexibility index (Phi) is 37.5. The molecule has 22 nitrogen and oxygen atoms in total. The van der Waals surface area contributed by atoms with Gasteiger partial charge in [0.2, 0.25) is 0 Å². The van der Waals surface area contributed by atoms with Gasteiger partial charge in [0.05, 0.1) is 12.1 Å². The first kappa shape index (κ1) is 48.1. The maximum atomic E-state index is 8.88. The molecule has 0 saturated heterocycles. The molecule has 0 aliphatic rings. The van der Waals surface area contributed by atoms with Gasteiger partial charge in [0.1, 0.15) is 0 Å². The van der Waals surface area contributed by atoms with Gasteiger partial charge >= 0.3 is 39.1 Å². The van der Waals surface area contributed by atoms with E-state index in [1.807, 2.05) is 0 Å². The summed E-state index contributed by atoms with van der Waals surface area (Å²) in [5, 5.41) is 14.6. The fourth-order valence-corrected chi connectivity index (χ4v) is 0. The van der Waals surface area contributed by atoms with E-state index >= 15 is 0 Å². The quantitative estimate of drug-likeness (QED) is 0.125. The molecular weight excluding hydrogens is 551 g/mol. The fraction of sp³-hybridized carbons (Fsp3) is 0.500. The number of hydrogen-bond donors (Lipinski definition) is 15. The molecule has 0 saturated carbocycles. The minimum Gasteiger partial charge on any atom is -0.303 e. The summed E-state index contributed by atoms with van der Waals surface area (Å²) in [6, 6.07) is 3.50. The lowest BCUT2D eigenvalue weighted by Crippen LogP contribution is -1.66. The van der Waals surface area contributed by atoms with Crippen molar-refractivity contribution in [3.8, 4) is 12.1 Å². The van der Waals surface area contributed by atoms with Crippen molar-refractivity contribution >= 4 is 39.1 Å². The molecule has 0 heterocycles. The molecule has 0 fully saturated rings. The Hall–Kier alpha value is -0.470. The van der Waals surface area contributed by atoms with Crippen LogP contribution in [0.25, 0.3) is 0 Å². The third-order valence-corrected chi connectivity index (χ3v) is 0. The van der Waals surface area contributed by atoms with Crippen LogP contribution in [0.4, 0.5) is 0 Å². The van der Waals surface area contributed by atoms with Crippen molar-refractivity contribution < 1.29 is 96.2 Å². The average Bonchev–Trinajstić information content (AvgIpc) is 2.16. The first-order valence-electron chi connectivity index (χ1n) is 5.36. The van der Waals surface area contributed by atoms with Crippen molar-refractivity contribution in [2.24, 2.45) is 0 Å². The Morgan fingerprint density at radius 3 is 0.387 bits per heavy atom. The summed E-state index contributed by atoms with van der Waals surface area (Å²) in [5.41, 5.74) is 0. The normalized spacial score (nSPS) is 10.0. The van der Waals surface area contributed by atoms with E-state index in [1.54, 1.807) is 12.1 Å². The van der Waals surface area contributed by atoms with E-state index in [0.717, 1.165) is 0 Å². The lowest BCUT2D eigenvalue weighted by atomic mass is 11.0. The van der Waals surface area contributed by atoms with Crippen molar-refractivity contribution in [3.63, 3.8) is 0 Å². The van der Waals surface area contributed by atoms with Crippen molar-refractivity contribution in [1.29, 1.82) is 10.5 Å². The number of phosphoric acid groups is 5. The predicted molar refractivity (Wildman–Crippen MR) is 93.9 cm³/mol. The van der Waals surface area contributed by atoms with E-state index in [9.17, 15) is 0 Å². The first-order valence-corrected chi connectivity index (χ1v) is 13.2. The van der Waals surface area contributed by atoms with Gasteiger partial charge in [-0.3, -0.25) is 0 Å². The Labute approximate surface area is 172 Å². The van der Waals surface area contributed by atoms with Crippen molar-refractivity contribution in [2.45, 2.75) is 13.8 Å². The second kappa shape index (κ2) is 24.2. The van der Waals surface area contributed by atoms with Crippen LogP contribution in [-0.2, 0) is 22.8 Å². The highest BCUT2D eigenvalue weighted by Gasteiger charge is 2.01. The molecule has 0 aliphatic heterocycles. The Balaban J connectivity index is -0.0000000438.